The molecule has 1 unspecified atom stereocenters. The minimum absolute atomic E-state index is 0.286. The molecule has 40 heavy (non-hydrogen) atoms. The number of likely N-dealkylation sites (tertiary alicyclic amines) is 1. The van der Waals surface area contributed by atoms with E-state index in [0.29, 0.717) is 24.7 Å². The molecule has 1 atom stereocenters. The molecule has 2 N–H and O–H groups in total. The molecule has 1 heterocycles. The molecular weight excluding hydrogens is 520 g/mol. The molecule has 9 heteroatoms. The van der Waals surface area contributed by atoms with Crippen LogP contribution in [0.3, 0.4) is 0 Å². The molecule has 3 aromatic rings. The van der Waals surface area contributed by atoms with Crippen molar-refractivity contribution in [2.45, 2.75) is 24.9 Å². The van der Waals surface area contributed by atoms with E-state index in [0.717, 1.165) is 49.4 Å². The van der Waals surface area contributed by atoms with E-state index in [1.807, 2.05) is 6.07 Å². The molecule has 0 saturated carbocycles. The van der Waals surface area contributed by atoms with Crippen LogP contribution < -0.4 is 4.74 Å². The number of hydrogen-bond acceptors (Lipinski definition) is 5. The second-order valence-electron chi connectivity index (χ2n) is 9.28. The molecule has 4 rings (SSSR count). The Morgan fingerprint density at radius 3 is 2.05 bits per heavy atom. The molecule has 0 amide bonds. The minimum Gasteiger partial charge on any atom is -0.497 e. The van der Waals surface area contributed by atoms with Crippen LogP contribution in [0.15, 0.2) is 84.9 Å². The van der Waals surface area contributed by atoms with Gasteiger partial charge in [-0.2, -0.15) is 0 Å². The number of hydrogen-bond donors (Lipinski definition) is 2. The van der Waals surface area contributed by atoms with Gasteiger partial charge in [-0.25, -0.2) is 18.4 Å². The number of carbonyl (C=O) groups is 2. The van der Waals surface area contributed by atoms with E-state index in [-0.39, 0.29) is 17.7 Å². The highest BCUT2D eigenvalue weighted by atomic mass is 19.1. The van der Waals surface area contributed by atoms with E-state index < -0.39 is 11.9 Å². The van der Waals surface area contributed by atoms with Crippen molar-refractivity contribution in [3.8, 4) is 5.75 Å². The summed E-state index contributed by atoms with van der Waals surface area (Å²) in [5.41, 5.74) is 3.05. The Bertz CT molecular complexity index is 1200. The van der Waals surface area contributed by atoms with Crippen LogP contribution >= 0.6 is 0 Å². The normalized spacial score (nSPS) is 15.2. The first kappa shape index (κ1) is 30.5. The van der Waals surface area contributed by atoms with Crippen LogP contribution in [0.4, 0.5) is 8.78 Å². The lowest BCUT2D eigenvalue weighted by Gasteiger charge is -2.21. The number of benzene rings is 3. The van der Waals surface area contributed by atoms with E-state index in [1.165, 1.54) is 29.8 Å². The van der Waals surface area contributed by atoms with Gasteiger partial charge in [-0.1, -0.05) is 36.4 Å². The molecule has 1 fully saturated rings. The molecule has 1 aliphatic rings. The number of nitrogens with zero attached hydrogens (tertiary/aromatic N) is 1. The third-order valence-electron chi connectivity index (χ3n) is 6.45. The third-order valence-corrected chi connectivity index (χ3v) is 6.45. The van der Waals surface area contributed by atoms with Crippen molar-refractivity contribution in [3.63, 3.8) is 0 Å². The van der Waals surface area contributed by atoms with Crippen molar-refractivity contribution in [2.75, 3.05) is 33.4 Å². The molecule has 0 radical (unpaired) electrons. The summed E-state index contributed by atoms with van der Waals surface area (Å²) in [6, 6.07) is 21.0. The lowest BCUT2D eigenvalue weighted by Crippen LogP contribution is -2.23. The van der Waals surface area contributed by atoms with Crippen LogP contribution in [-0.4, -0.2) is 60.4 Å². The van der Waals surface area contributed by atoms with Gasteiger partial charge in [0.1, 0.15) is 23.5 Å². The molecule has 0 bridgehead atoms. The summed E-state index contributed by atoms with van der Waals surface area (Å²) in [7, 11) is 1.70. The van der Waals surface area contributed by atoms with Crippen LogP contribution in [0.5, 0.6) is 5.75 Å². The van der Waals surface area contributed by atoms with Gasteiger partial charge in [-0.15, -0.1) is 0 Å². The standard InChI is InChI=1S/C27H29F2NO2.C4H4O4/c1-31-26-5-2-4-22(18-26)23-14-16-30(19-23)15-3-17-32-27(20-6-10-24(28)11-7-20)21-8-12-25(29)13-9-21;5-3(6)1-2-4(7)8/h2,4-13,18,23,27H,3,14-17,19H2,1H3;1-2H,(H,5,6)(H,7,8)/b;2-1+. The summed E-state index contributed by atoms with van der Waals surface area (Å²) in [6.07, 6.45) is 2.80. The SMILES string of the molecule is COc1cccc(C2CCN(CCCOC(c3ccc(F)cc3)c3ccc(F)cc3)C2)c1.O=C(O)/C=C/C(=O)O. The third kappa shape index (κ3) is 9.91. The summed E-state index contributed by atoms with van der Waals surface area (Å²) >= 11 is 0. The van der Waals surface area contributed by atoms with Crippen molar-refractivity contribution >= 4 is 11.9 Å². The second-order valence-corrected chi connectivity index (χ2v) is 9.28. The maximum absolute atomic E-state index is 13.4. The van der Waals surface area contributed by atoms with Crippen molar-refractivity contribution < 1.29 is 38.1 Å². The number of rotatable bonds is 11. The van der Waals surface area contributed by atoms with Gasteiger partial charge in [-0.3, -0.25) is 0 Å². The molecular formula is C31H33F2NO6. The van der Waals surface area contributed by atoms with Crippen LogP contribution in [0.1, 0.15) is 41.6 Å². The molecule has 0 aliphatic carbocycles. The number of ether oxygens (including phenoxy) is 2. The van der Waals surface area contributed by atoms with Crippen LogP contribution in [0.2, 0.25) is 0 Å². The fourth-order valence-corrected chi connectivity index (χ4v) is 4.50. The predicted octanol–water partition coefficient (Wildman–Crippen LogP) is 5.67. The molecule has 0 spiro atoms. The topological polar surface area (TPSA) is 96.3 Å². The zero-order valence-electron chi connectivity index (χ0n) is 22.2. The zero-order valence-corrected chi connectivity index (χ0v) is 22.2. The van der Waals surface area contributed by atoms with Crippen molar-refractivity contribution in [1.29, 1.82) is 0 Å². The summed E-state index contributed by atoms with van der Waals surface area (Å²) in [5.74, 6) is -1.66. The Hall–Kier alpha value is -4.08. The van der Waals surface area contributed by atoms with Gasteiger partial charge < -0.3 is 24.6 Å². The van der Waals surface area contributed by atoms with Gasteiger partial charge in [0.2, 0.25) is 0 Å². The number of carboxylic acid groups (broad SMARTS) is 2. The second kappa shape index (κ2) is 15.5. The van der Waals surface area contributed by atoms with Crippen LogP contribution in [0.25, 0.3) is 0 Å². The first-order chi connectivity index (χ1) is 19.2. The summed E-state index contributed by atoms with van der Waals surface area (Å²) in [6.45, 7) is 3.63. The molecule has 7 nitrogen and oxygen atoms in total. The molecule has 1 saturated heterocycles. The first-order valence-corrected chi connectivity index (χ1v) is 12.9. The average Bonchev–Trinajstić information content (AvgIpc) is 3.43. The van der Waals surface area contributed by atoms with Gasteiger partial charge in [0.25, 0.3) is 0 Å². The van der Waals surface area contributed by atoms with Gasteiger partial charge >= 0.3 is 11.9 Å². The Labute approximate surface area is 232 Å². The monoisotopic (exact) mass is 553 g/mol. The predicted molar refractivity (Wildman–Crippen MR) is 146 cm³/mol. The van der Waals surface area contributed by atoms with E-state index in [4.69, 9.17) is 19.7 Å². The van der Waals surface area contributed by atoms with Gasteiger partial charge in [-0.05, 0) is 78.4 Å². The Morgan fingerprint density at radius 1 is 0.950 bits per heavy atom. The molecule has 3 aromatic carbocycles. The fourth-order valence-electron chi connectivity index (χ4n) is 4.50. The van der Waals surface area contributed by atoms with Gasteiger partial charge in [0.05, 0.1) is 7.11 Å². The Kier molecular flexibility index (Phi) is 11.8. The number of methoxy groups -OCH3 is 1. The zero-order chi connectivity index (χ0) is 28.9. The highest BCUT2D eigenvalue weighted by molar-refractivity contribution is 5.89. The highest BCUT2D eigenvalue weighted by Gasteiger charge is 2.24. The number of halogens is 2. The van der Waals surface area contributed by atoms with Crippen LogP contribution in [-0.2, 0) is 14.3 Å². The fraction of sp³-hybridized carbons (Fsp3) is 0.290. The minimum atomic E-state index is -1.26. The Balaban J connectivity index is 0.000000482. The van der Waals surface area contributed by atoms with Crippen molar-refractivity contribution in [1.82, 2.24) is 4.90 Å². The summed E-state index contributed by atoms with van der Waals surface area (Å²) in [5, 5.41) is 15.6. The maximum atomic E-state index is 13.4. The average molecular weight is 554 g/mol. The van der Waals surface area contributed by atoms with E-state index in [2.05, 4.69) is 23.1 Å². The quantitative estimate of drug-likeness (QED) is 0.233. The van der Waals surface area contributed by atoms with Crippen molar-refractivity contribution in [3.05, 3.63) is 113 Å². The summed E-state index contributed by atoms with van der Waals surface area (Å²) < 4.78 is 38.3. The molecule has 0 aromatic heterocycles. The van der Waals surface area contributed by atoms with E-state index in [9.17, 15) is 18.4 Å². The molecule has 212 valence electrons. The van der Waals surface area contributed by atoms with Gasteiger partial charge in [0, 0.05) is 31.8 Å². The number of carboxylic acids is 2. The lowest BCUT2D eigenvalue weighted by atomic mass is 9.98. The smallest absolute Gasteiger partial charge is 0.328 e. The van der Waals surface area contributed by atoms with Crippen LogP contribution in [0, 0.1) is 11.6 Å². The van der Waals surface area contributed by atoms with E-state index in [1.54, 1.807) is 31.4 Å². The molecule has 1 aliphatic heterocycles. The largest absolute Gasteiger partial charge is 0.497 e. The highest BCUT2D eigenvalue weighted by Crippen LogP contribution is 2.30. The maximum Gasteiger partial charge on any atom is 0.328 e. The number of aliphatic carboxylic acids is 2. The van der Waals surface area contributed by atoms with Gasteiger partial charge in [0.15, 0.2) is 0 Å². The van der Waals surface area contributed by atoms with E-state index >= 15 is 0 Å². The lowest BCUT2D eigenvalue weighted by molar-refractivity contribution is -0.134. The first-order valence-electron chi connectivity index (χ1n) is 12.9. The summed E-state index contributed by atoms with van der Waals surface area (Å²) in [4.78, 5) is 21.6. The Morgan fingerprint density at radius 2 is 1.52 bits per heavy atom. The van der Waals surface area contributed by atoms with Crippen molar-refractivity contribution in [2.24, 2.45) is 0 Å².